The molecule has 0 bridgehead atoms. The van der Waals surface area contributed by atoms with Crippen molar-refractivity contribution in [2.45, 2.75) is 19.4 Å². The molecule has 0 aliphatic carbocycles. The number of benzene rings is 1. The maximum atomic E-state index is 9.92. The highest BCUT2D eigenvalue weighted by molar-refractivity contribution is 5.38. The first-order valence-electron chi connectivity index (χ1n) is 4.27. The SMILES string of the molecule is CC#CC(C)(O)c1cccc(C#N)c1. The predicted octanol–water partition coefficient (Wildman–Crippen LogP) is 1.79. The van der Waals surface area contributed by atoms with E-state index in [4.69, 9.17) is 5.26 Å². The molecule has 0 radical (unpaired) electrons. The molecule has 0 aliphatic heterocycles. The molecule has 0 heterocycles. The Balaban J connectivity index is 3.18. The van der Waals surface area contributed by atoms with Crippen molar-refractivity contribution in [3.63, 3.8) is 0 Å². The van der Waals surface area contributed by atoms with Crippen molar-refractivity contribution in [3.8, 4) is 17.9 Å². The predicted molar refractivity (Wildman–Crippen MR) is 54.2 cm³/mol. The normalized spacial score (nSPS) is 13.3. The maximum Gasteiger partial charge on any atom is 0.148 e. The van der Waals surface area contributed by atoms with Crippen LogP contribution in [0, 0.1) is 23.2 Å². The first-order valence-corrected chi connectivity index (χ1v) is 4.27. The van der Waals surface area contributed by atoms with Crippen LogP contribution in [0.15, 0.2) is 24.3 Å². The summed E-state index contributed by atoms with van der Waals surface area (Å²) in [5.41, 5.74) is -0.00620. The number of hydrogen-bond donors (Lipinski definition) is 1. The van der Waals surface area contributed by atoms with Crippen LogP contribution in [0.5, 0.6) is 0 Å². The van der Waals surface area contributed by atoms with Gasteiger partial charge in [0.25, 0.3) is 0 Å². The summed E-state index contributed by atoms with van der Waals surface area (Å²) < 4.78 is 0. The van der Waals surface area contributed by atoms with Gasteiger partial charge in [-0.2, -0.15) is 5.26 Å². The summed E-state index contributed by atoms with van der Waals surface area (Å²) in [6, 6.07) is 8.85. The Morgan fingerprint density at radius 3 is 2.71 bits per heavy atom. The van der Waals surface area contributed by atoms with E-state index in [0.29, 0.717) is 11.1 Å². The summed E-state index contributed by atoms with van der Waals surface area (Å²) in [5, 5.41) is 18.6. The van der Waals surface area contributed by atoms with E-state index in [1.807, 2.05) is 6.07 Å². The summed E-state index contributed by atoms with van der Waals surface area (Å²) in [6.07, 6.45) is 0. The van der Waals surface area contributed by atoms with Gasteiger partial charge in [0.05, 0.1) is 11.6 Å². The molecule has 0 saturated carbocycles. The molecule has 0 aliphatic rings. The standard InChI is InChI=1S/C12H11NO/c1-3-7-12(2,14)11-6-4-5-10(8-11)9-13/h4-6,8,14H,1-2H3. The Bertz CT molecular complexity index is 430. The molecule has 0 saturated heterocycles. The minimum Gasteiger partial charge on any atom is -0.374 e. The van der Waals surface area contributed by atoms with Crippen LogP contribution in [0.3, 0.4) is 0 Å². The van der Waals surface area contributed by atoms with Gasteiger partial charge in [-0.25, -0.2) is 0 Å². The monoisotopic (exact) mass is 185 g/mol. The van der Waals surface area contributed by atoms with Crippen LogP contribution in [-0.4, -0.2) is 5.11 Å². The van der Waals surface area contributed by atoms with Crippen molar-refractivity contribution in [1.82, 2.24) is 0 Å². The number of nitrogens with zero attached hydrogens (tertiary/aromatic N) is 1. The molecule has 1 unspecified atom stereocenters. The molecular formula is C12H11NO. The van der Waals surface area contributed by atoms with Crippen molar-refractivity contribution < 1.29 is 5.11 Å². The lowest BCUT2D eigenvalue weighted by atomic mass is 9.95. The number of nitriles is 1. The molecule has 1 rings (SSSR count). The molecule has 14 heavy (non-hydrogen) atoms. The summed E-state index contributed by atoms with van der Waals surface area (Å²) >= 11 is 0. The quantitative estimate of drug-likeness (QED) is 0.678. The molecule has 1 N–H and O–H groups in total. The zero-order valence-electron chi connectivity index (χ0n) is 8.20. The Labute approximate surface area is 83.8 Å². The van der Waals surface area contributed by atoms with E-state index in [0.717, 1.165) is 0 Å². The Morgan fingerprint density at radius 2 is 2.14 bits per heavy atom. The average Bonchev–Trinajstić information content (AvgIpc) is 2.18. The van der Waals surface area contributed by atoms with Crippen molar-refractivity contribution >= 4 is 0 Å². The largest absolute Gasteiger partial charge is 0.374 e. The first kappa shape index (κ1) is 10.3. The zero-order valence-corrected chi connectivity index (χ0v) is 8.20. The lowest BCUT2D eigenvalue weighted by molar-refractivity contribution is 0.122. The second-order valence-corrected chi connectivity index (χ2v) is 3.14. The average molecular weight is 185 g/mol. The number of rotatable bonds is 1. The van der Waals surface area contributed by atoms with Gasteiger partial charge >= 0.3 is 0 Å². The highest BCUT2D eigenvalue weighted by Crippen LogP contribution is 2.20. The van der Waals surface area contributed by atoms with E-state index in [1.165, 1.54) is 0 Å². The molecule has 0 spiro atoms. The van der Waals surface area contributed by atoms with Gasteiger partial charge in [-0.05, 0) is 31.5 Å². The van der Waals surface area contributed by atoms with Crippen molar-refractivity contribution in [1.29, 1.82) is 5.26 Å². The van der Waals surface area contributed by atoms with E-state index in [1.54, 1.807) is 38.1 Å². The van der Waals surface area contributed by atoms with Crippen molar-refractivity contribution in [2.75, 3.05) is 0 Å². The Hall–Kier alpha value is -1.77. The van der Waals surface area contributed by atoms with E-state index in [2.05, 4.69) is 11.8 Å². The molecule has 0 amide bonds. The number of hydrogen-bond acceptors (Lipinski definition) is 2. The van der Waals surface area contributed by atoms with Gasteiger partial charge in [0.1, 0.15) is 5.60 Å². The fourth-order valence-corrected chi connectivity index (χ4v) is 1.21. The zero-order chi connectivity index (χ0) is 10.6. The minimum absolute atomic E-state index is 0.528. The van der Waals surface area contributed by atoms with Crippen LogP contribution in [-0.2, 0) is 5.60 Å². The third kappa shape index (κ3) is 2.13. The maximum absolute atomic E-state index is 9.92. The van der Waals surface area contributed by atoms with Gasteiger partial charge in [-0.15, -0.1) is 5.92 Å². The molecule has 1 aromatic rings. The van der Waals surface area contributed by atoms with E-state index in [9.17, 15) is 5.11 Å². The van der Waals surface area contributed by atoms with Gasteiger partial charge in [0, 0.05) is 0 Å². The van der Waals surface area contributed by atoms with Crippen LogP contribution in [0.1, 0.15) is 25.0 Å². The molecule has 70 valence electrons. The second kappa shape index (κ2) is 3.96. The lowest BCUT2D eigenvalue weighted by Crippen LogP contribution is -2.18. The molecule has 2 heteroatoms. The minimum atomic E-state index is -1.18. The van der Waals surface area contributed by atoms with Crippen molar-refractivity contribution in [3.05, 3.63) is 35.4 Å². The van der Waals surface area contributed by atoms with Gasteiger partial charge in [-0.1, -0.05) is 18.1 Å². The fraction of sp³-hybridized carbons (Fsp3) is 0.250. The number of aliphatic hydroxyl groups is 1. The summed E-state index contributed by atoms with van der Waals surface area (Å²) in [4.78, 5) is 0. The van der Waals surface area contributed by atoms with Crippen LogP contribution in [0.25, 0.3) is 0 Å². The third-order valence-electron chi connectivity index (χ3n) is 1.92. The van der Waals surface area contributed by atoms with Gasteiger partial charge in [0.2, 0.25) is 0 Å². The molecule has 0 aromatic heterocycles. The van der Waals surface area contributed by atoms with Crippen LogP contribution in [0.2, 0.25) is 0 Å². The summed E-state index contributed by atoms with van der Waals surface area (Å²) in [7, 11) is 0. The highest BCUT2D eigenvalue weighted by Gasteiger charge is 2.19. The van der Waals surface area contributed by atoms with E-state index >= 15 is 0 Å². The van der Waals surface area contributed by atoms with Crippen LogP contribution in [0.4, 0.5) is 0 Å². The van der Waals surface area contributed by atoms with Gasteiger partial charge in [-0.3, -0.25) is 0 Å². The Kier molecular flexibility index (Phi) is 2.92. The Morgan fingerprint density at radius 1 is 1.43 bits per heavy atom. The summed E-state index contributed by atoms with van der Waals surface area (Å²) in [6.45, 7) is 3.28. The second-order valence-electron chi connectivity index (χ2n) is 3.14. The van der Waals surface area contributed by atoms with E-state index < -0.39 is 5.60 Å². The van der Waals surface area contributed by atoms with Crippen LogP contribution < -0.4 is 0 Å². The molecule has 0 fully saturated rings. The fourth-order valence-electron chi connectivity index (χ4n) is 1.21. The molecule has 1 aromatic carbocycles. The highest BCUT2D eigenvalue weighted by atomic mass is 16.3. The molecule has 2 nitrogen and oxygen atoms in total. The van der Waals surface area contributed by atoms with E-state index in [-0.39, 0.29) is 0 Å². The van der Waals surface area contributed by atoms with Crippen LogP contribution >= 0.6 is 0 Å². The molecule has 1 atom stereocenters. The molecular weight excluding hydrogens is 174 g/mol. The summed E-state index contributed by atoms with van der Waals surface area (Å²) in [5.74, 6) is 5.35. The van der Waals surface area contributed by atoms with Gasteiger partial charge < -0.3 is 5.11 Å². The first-order chi connectivity index (χ1) is 6.60. The lowest BCUT2D eigenvalue weighted by Gasteiger charge is -2.16. The van der Waals surface area contributed by atoms with Gasteiger partial charge in [0.15, 0.2) is 0 Å². The third-order valence-corrected chi connectivity index (χ3v) is 1.92. The van der Waals surface area contributed by atoms with Crippen molar-refractivity contribution in [2.24, 2.45) is 0 Å². The smallest absolute Gasteiger partial charge is 0.148 e. The topological polar surface area (TPSA) is 44.0 Å².